The third-order valence-electron chi connectivity index (χ3n) is 3.73. The highest BCUT2D eigenvalue weighted by atomic mass is 32.2. The number of aryl methyl sites for hydroxylation is 1. The summed E-state index contributed by atoms with van der Waals surface area (Å²) < 4.78 is 42.1. The molecule has 9 heteroatoms. The summed E-state index contributed by atoms with van der Waals surface area (Å²) in [6, 6.07) is 9.42. The Morgan fingerprint density at radius 1 is 1.19 bits per heavy atom. The second-order valence-corrected chi connectivity index (χ2v) is 7.51. The Kier molecular flexibility index (Phi) is 6.89. The van der Waals surface area contributed by atoms with Crippen LogP contribution < -0.4 is 14.9 Å². The van der Waals surface area contributed by atoms with Crippen LogP contribution in [0.2, 0.25) is 0 Å². The fraction of sp³-hybridized carbons (Fsp3) is 0.278. The van der Waals surface area contributed by atoms with Gasteiger partial charge in [-0.05, 0) is 44.2 Å². The van der Waals surface area contributed by atoms with E-state index < -0.39 is 28.4 Å². The molecule has 7 nitrogen and oxygen atoms in total. The molecule has 27 heavy (non-hydrogen) atoms. The van der Waals surface area contributed by atoms with Crippen molar-refractivity contribution in [3.63, 3.8) is 0 Å². The average Bonchev–Trinajstić information content (AvgIpc) is 2.61. The van der Waals surface area contributed by atoms with E-state index in [1.807, 2.05) is 23.9 Å². The molecule has 0 saturated heterocycles. The summed E-state index contributed by atoms with van der Waals surface area (Å²) in [6.45, 7) is 3.17. The van der Waals surface area contributed by atoms with Crippen LogP contribution in [0.3, 0.4) is 0 Å². The van der Waals surface area contributed by atoms with Gasteiger partial charge in [-0.3, -0.25) is 9.63 Å². The number of rotatable bonds is 8. The molecule has 0 aliphatic rings. The lowest BCUT2D eigenvalue weighted by molar-refractivity contribution is -0.127. The van der Waals surface area contributed by atoms with Crippen LogP contribution in [0.5, 0.6) is 5.75 Å². The lowest BCUT2D eigenvalue weighted by Gasteiger charge is -2.18. The van der Waals surface area contributed by atoms with Gasteiger partial charge in [0, 0.05) is 5.56 Å². The van der Waals surface area contributed by atoms with E-state index in [9.17, 15) is 17.6 Å². The van der Waals surface area contributed by atoms with Crippen LogP contribution in [0.4, 0.5) is 4.39 Å². The molecule has 2 N–H and O–H groups in total. The highest BCUT2D eigenvalue weighted by Crippen LogP contribution is 2.25. The minimum Gasteiger partial charge on any atom is -0.496 e. The first-order chi connectivity index (χ1) is 12.7. The average molecular weight is 396 g/mol. The molecule has 1 amide bonds. The van der Waals surface area contributed by atoms with Gasteiger partial charge in [-0.15, -0.1) is 0 Å². The summed E-state index contributed by atoms with van der Waals surface area (Å²) in [5.74, 6) is -0.450. The molecule has 2 aromatic rings. The van der Waals surface area contributed by atoms with Gasteiger partial charge in [0.1, 0.15) is 18.2 Å². The summed E-state index contributed by atoms with van der Waals surface area (Å²) in [5.41, 5.74) is 1.80. The van der Waals surface area contributed by atoms with Crippen LogP contribution in [0.1, 0.15) is 24.1 Å². The maximum absolute atomic E-state index is 12.9. The fourth-order valence-electron chi connectivity index (χ4n) is 2.39. The predicted octanol–water partition coefficient (Wildman–Crippen LogP) is 2.23. The summed E-state index contributed by atoms with van der Waals surface area (Å²) in [7, 11) is -2.47. The molecule has 0 aliphatic heterocycles. The number of carbonyl (C=O) groups excluding carboxylic acids is 1. The number of ether oxygens (including phenoxy) is 1. The van der Waals surface area contributed by atoms with Gasteiger partial charge in [-0.25, -0.2) is 12.8 Å². The smallest absolute Gasteiger partial charge is 0.262 e. The lowest BCUT2D eigenvalue weighted by atomic mass is 10.0. The number of benzene rings is 2. The van der Waals surface area contributed by atoms with E-state index in [1.165, 1.54) is 7.11 Å². The molecule has 2 rings (SSSR count). The zero-order valence-corrected chi connectivity index (χ0v) is 16.0. The van der Waals surface area contributed by atoms with Gasteiger partial charge in [0.25, 0.3) is 10.0 Å². The van der Waals surface area contributed by atoms with Crippen molar-refractivity contribution < 1.29 is 27.2 Å². The second-order valence-electron chi connectivity index (χ2n) is 5.86. The molecule has 2 aromatic carbocycles. The molecule has 0 spiro atoms. The van der Waals surface area contributed by atoms with Crippen molar-refractivity contribution in [1.29, 1.82) is 0 Å². The Bertz CT molecular complexity index is 900. The van der Waals surface area contributed by atoms with Crippen molar-refractivity contribution in [2.45, 2.75) is 24.8 Å². The second kappa shape index (κ2) is 8.94. The van der Waals surface area contributed by atoms with Crippen molar-refractivity contribution in [1.82, 2.24) is 10.2 Å². The van der Waals surface area contributed by atoms with Crippen molar-refractivity contribution in [2.24, 2.45) is 0 Å². The molecule has 0 bridgehead atoms. The normalized spacial score (nSPS) is 12.4. The minimum absolute atomic E-state index is 0.179. The number of hydrogen-bond acceptors (Lipinski definition) is 5. The molecule has 0 aromatic heterocycles. The third kappa shape index (κ3) is 5.75. The van der Waals surface area contributed by atoms with E-state index in [4.69, 9.17) is 9.57 Å². The van der Waals surface area contributed by atoms with Crippen molar-refractivity contribution in [3.8, 4) is 5.75 Å². The van der Waals surface area contributed by atoms with Gasteiger partial charge in [-0.2, -0.15) is 0 Å². The molecule has 0 heterocycles. The van der Waals surface area contributed by atoms with Crippen molar-refractivity contribution in [2.75, 3.05) is 13.7 Å². The summed E-state index contributed by atoms with van der Waals surface area (Å²) in [6.07, 6.45) is 0. The monoisotopic (exact) mass is 396 g/mol. The highest BCUT2D eigenvalue weighted by molar-refractivity contribution is 7.89. The maximum Gasteiger partial charge on any atom is 0.262 e. The lowest BCUT2D eigenvalue weighted by Crippen LogP contribution is -2.34. The first-order valence-corrected chi connectivity index (χ1v) is 9.54. The van der Waals surface area contributed by atoms with Crippen molar-refractivity contribution >= 4 is 15.9 Å². The number of carbonyl (C=O) groups is 1. The molecule has 1 atom stereocenters. The van der Waals surface area contributed by atoms with Gasteiger partial charge in [0.2, 0.25) is 5.91 Å². The van der Waals surface area contributed by atoms with E-state index in [0.717, 1.165) is 35.4 Å². The zero-order chi connectivity index (χ0) is 20.0. The first kappa shape index (κ1) is 20.8. The SMILES string of the molecule is COc1ccc(C)cc1[C@H](C)NC(=O)CONS(=O)(=O)c1ccc(F)cc1. The quantitative estimate of drug-likeness (QED) is 0.668. The fourth-order valence-corrected chi connectivity index (χ4v) is 3.19. The van der Waals surface area contributed by atoms with Gasteiger partial charge in [-0.1, -0.05) is 22.6 Å². The number of methoxy groups -OCH3 is 1. The topological polar surface area (TPSA) is 93.7 Å². The van der Waals surface area contributed by atoms with Crippen LogP contribution in [0, 0.1) is 12.7 Å². The van der Waals surface area contributed by atoms with E-state index in [1.54, 1.807) is 13.0 Å². The molecular formula is C18H21FN2O5S. The predicted molar refractivity (Wildman–Crippen MR) is 97.0 cm³/mol. The molecule has 0 aliphatic carbocycles. The van der Waals surface area contributed by atoms with Gasteiger partial charge >= 0.3 is 0 Å². The summed E-state index contributed by atoms with van der Waals surface area (Å²) in [5, 5.41) is 2.70. The number of sulfonamides is 1. The van der Waals surface area contributed by atoms with Crippen molar-refractivity contribution in [3.05, 3.63) is 59.4 Å². The standard InChI is InChI=1S/C18H21FN2O5S/c1-12-4-9-17(25-3)16(10-12)13(2)20-18(22)11-26-21-27(23,24)15-7-5-14(19)6-8-15/h4-10,13,21H,11H2,1-3H3,(H,20,22)/t13-/m0/s1. The van der Waals surface area contributed by atoms with E-state index in [0.29, 0.717) is 5.75 Å². The van der Waals surface area contributed by atoms with Crippen LogP contribution in [-0.2, 0) is 19.7 Å². The van der Waals surface area contributed by atoms with Crippen LogP contribution in [0.25, 0.3) is 0 Å². The van der Waals surface area contributed by atoms with E-state index >= 15 is 0 Å². The Balaban J connectivity index is 1.91. The molecule has 0 radical (unpaired) electrons. The van der Waals surface area contributed by atoms with Gasteiger partial charge in [0.05, 0.1) is 18.0 Å². The van der Waals surface area contributed by atoms with Crippen LogP contribution in [0.15, 0.2) is 47.4 Å². The highest BCUT2D eigenvalue weighted by Gasteiger charge is 2.17. The molecule has 0 unspecified atom stereocenters. The number of nitrogens with one attached hydrogen (secondary N) is 2. The van der Waals surface area contributed by atoms with Crippen LogP contribution in [-0.4, -0.2) is 28.0 Å². The first-order valence-electron chi connectivity index (χ1n) is 8.06. The number of halogens is 1. The largest absolute Gasteiger partial charge is 0.496 e. The minimum atomic E-state index is -4.01. The van der Waals surface area contributed by atoms with Gasteiger partial charge in [0.15, 0.2) is 0 Å². The van der Waals surface area contributed by atoms with E-state index in [-0.39, 0.29) is 10.9 Å². The Morgan fingerprint density at radius 3 is 2.48 bits per heavy atom. The third-order valence-corrected chi connectivity index (χ3v) is 4.96. The number of amides is 1. The molecular weight excluding hydrogens is 375 g/mol. The van der Waals surface area contributed by atoms with Gasteiger partial charge < -0.3 is 10.1 Å². The Morgan fingerprint density at radius 2 is 1.85 bits per heavy atom. The Hall–Kier alpha value is -2.49. The van der Waals surface area contributed by atoms with Crippen LogP contribution >= 0.6 is 0 Å². The molecule has 146 valence electrons. The maximum atomic E-state index is 12.9. The molecule has 0 saturated carbocycles. The number of hydrogen-bond donors (Lipinski definition) is 2. The Labute approximate surface area is 157 Å². The molecule has 0 fully saturated rings. The zero-order valence-electron chi connectivity index (χ0n) is 15.2. The summed E-state index contributed by atoms with van der Waals surface area (Å²) >= 11 is 0. The summed E-state index contributed by atoms with van der Waals surface area (Å²) in [4.78, 5) is 18.5. The van der Waals surface area contributed by atoms with E-state index in [2.05, 4.69) is 5.32 Å².